The van der Waals surface area contributed by atoms with Crippen LogP contribution in [0.3, 0.4) is 0 Å². The second-order valence-corrected chi connectivity index (χ2v) is 6.72. The topological polar surface area (TPSA) is 71.3 Å². The van der Waals surface area contributed by atoms with E-state index in [9.17, 15) is 9.59 Å². The van der Waals surface area contributed by atoms with Gasteiger partial charge in [-0.25, -0.2) is 0 Å². The van der Waals surface area contributed by atoms with E-state index in [-0.39, 0.29) is 17.9 Å². The summed E-state index contributed by atoms with van der Waals surface area (Å²) < 4.78 is 5.38. The highest BCUT2D eigenvalue weighted by Gasteiger charge is 2.18. The molecule has 2 aromatic carbocycles. The van der Waals surface area contributed by atoms with E-state index >= 15 is 0 Å². The number of carbonyl (C=O) groups is 2. The lowest BCUT2D eigenvalue weighted by Gasteiger charge is -2.15. The molecule has 0 bridgehead atoms. The van der Waals surface area contributed by atoms with Gasteiger partial charge in [0.25, 0.3) is 11.8 Å². The number of furan rings is 1. The van der Waals surface area contributed by atoms with Gasteiger partial charge < -0.3 is 15.1 Å². The largest absolute Gasteiger partial charge is 0.465 e. The third-order valence-electron chi connectivity index (χ3n) is 4.57. The number of rotatable bonds is 7. The average Bonchev–Trinajstić information content (AvgIpc) is 3.26. The summed E-state index contributed by atoms with van der Waals surface area (Å²) in [6.45, 7) is 3.95. The molecule has 148 valence electrons. The van der Waals surface area contributed by atoms with E-state index in [1.807, 2.05) is 44.2 Å². The van der Waals surface area contributed by atoms with Crippen molar-refractivity contribution < 1.29 is 14.0 Å². The number of para-hydroxylation sites is 1. The molecule has 29 heavy (non-hydrogen) atoms. The number of hydrogen-bond donors (Lipinski definition) is 2. The molecule has 0 aliphatic carbocycles. The van der Waals surface area contributed by atoms with Crippen LogP contribution < -0.4 is 10.6 Å². The molecular formula is C24H24N2O3. The summed E-state index contributed by atoms with van der Waals surface area (Å²) in [6.07, 6.45) is 4.07. The van der Waals surface area contributed by atoms with Gasteiger partial charge in [0, 0.05) is 6.04 Å². The molecule has 0 aliphatic rings. The Morgan fingerprint density at radius 2 is 1.72 bits per heavy atom. The van der Waals surface area contributed by atoms with E-state index in [0.717, 1.165) is 12.0 Å². The minimum Gasteiger partial charge on any atom is -0.465 e. The lowest BCUT2D eigenvalue weighted by Crippen LogP contribution is -2.32. The summed E-state index contributed by atoms with van der Waals surface area (Å²) >= 11 is 0. The number of carbonyl (C=O) groups excluding carboxylic acids is 2. The lowest BCUT2D eigenvalue weighted by atomic mass is 10.0. The van der Waals surface area contributed by atoms with Crippen LogP contribution in [0.25, 0.3) is 11.6 Å². The Kier molecular flexibility index (Phi) is 6.63. The van der Waals surface area contributed by atoms with Crippen molar-refractivity contribution in [2.45, 2.75) is 26.3 Å². The van der Waals surface area contributed by atoms with Crippen LogP contribution in [0, 0.1) is 0 Å². The van der Waals surface area contributed by atoms with Gasteiger partial charge in [-0.15, -0.1) is 0 Å². The van der Waals surface area contributed by atoms with E-state index in [1.54, 1.807) is 48.7 Å². The van der Waals surface area contributed by atoms with Gasteiger partial charge in [0.15, 0.2) is 0 Å². The average molecular weight is 388 g/mol. The van der Waals surface area contributed by atoms with Crippen LogP contribution in [0.5, 0.6) is 0 Å². The number of benzene rings is 2. The smallest absolute Gasteiger partial charge is 0.256 e. The number of nitrogens with one attached hydrogen (secondary N) is 2. The van der Waals surface area contributed by atoms with E-state index in [1.165, 1.54) is 0 Å². The summed E-state index contributed by atoms with van der Waals surface area (Å²) in [5.74, 6) is 0.0321. The van der Waals surface area contributed by atoms with Crippen molar-refractivity contribution in [3.05, 3.63) is 89.9 Å². The maximum absolute atomic E-state index is 13.1. The second-order valence-electron chi connectivity index (χ2n) is 6.72. The Morgan fingerprint density at radius 3 is 2.41 bits per heavy atom. The van der Waals surface area contributed by atoms with Gasteiger partial charge in [-0.3, -0.25) is 9.59 Å². The molecule has 0 spiro atoms. The quantitative estimate of drug-likeness (QED) is 0.560. The van der Waals surface area contributed by atoms with Gasteiger partial charge in [0.2, 0.25) is 0 Å². The van der Waals surface area contributed by atoms with Crippen molar-refractivity contribution in [2.75, 3.05) is 5.32 Å². The molecule has 3 aromatic rings. The Bertz CT molecular complexity index is 992. The van der Waals surface area contributed by atoms with E-state index in [4.69, 9.17) is 4.42 Å². The zero-order valence-corrected chi connectivity index (χ0v) is 16.5. The number of amides is 2. The van der Waals surface area contributed by atoms with Crippen molar-refractivity contribution in [3.63, 3.8) is 0 Å². The molecule has 0 unspecified atom stereocenters. The maximum atomic E-state index is 13.1. The fourth-order valence-electron chi connectivity index (χ4n) is 2.80. The molecule has 1 aromatic heterocycles. The normalized spacial score (nSPS) is 12.3. The number of anilines is 1. The van der Waals surface area contributed by atoms with Crippen molar-refractivity contribution >= 4 is 29.2 Å². The minimum absolute atomic E-state index is 0.0463. The van der Waals surface area contributed by atoms with Crippen molar-refractivity contribution in [3.8, 4) is 0 Å². The third-order valence-corrected chi connectivity index (χ3v) is 4.57. The molecule has 0 radical (unpaired) electrons. The molecule has 0 saturated heterocycles. The minimum atomic E-state index is -0.323. The third kappa shape index (κ3) is 5.23. The first-order valence-corrected chi connectivity index (χ1v) is 9.60. The van der Waals surface area contributed by atoms with Gasteiger partial charge >= 0.3 is 0 Å². The van der Waals surface area contributed by atoms with Crippen LogP contribution >= 0.6 is 0 Å². The fraction of sp³-hybridized carbons (Fsp3) is 0.167. The predicted molar refractivity (Wildman–Crippen MR) is 115 cm³/mol. The molecular weight excluding hydrogens is 364 g/mol. The Labute approximate surface area is 170 Å². The predicted octanol–water partition coefficient (Wildman–Crippen LogP) is 4.99. The molecule has 2 N–H and O–H groups in total. The first-order valence-electron chi connectivity index (χ1n) is 9.60. The zero-order chi connectivity index (χ0) is 20.6. The Morgan fingerprint density at radius 1 is 1.00 bits per heavy atom. The molecule has 5 heteroatoms. The van der Waals surface area contributed by atoms with Crippen molar-refractivity contribution in [2.24, 2.45) is 0 Å². The van der Waals surface area contributed by atoms with Crippen molar-refractivity contribution in [1.29, 1.82) is 0 Å². The molecule has 1 atom stereocenters. The van der Waals surface area contributed by atoms with E-state index in [2.05, 4.69) is 10.6 Å². The van der Waals surface area contributed by atoms with Gasteiger partial charge in [-0.2, -0.15) is 0 Å². The van der Waals surface area contributed by atoms with Crippen LogP contribution in [-0.2, 0) is 4.79 Å². The van der Waals surface area contributed by atoms with Gasteiger partial charge in [0.05, 0.1) is 23.1 Å². The molecule has 5 nitrogen and oxygen atoms in total. The van der Waals surface area contributed by atoms with Crippen molar-refractivity contribution in [1.82, 2.24) is 5.32 Å². The summed E-state index contributed by atoms with van der Waals surface area (Å²) in [5.41, 5.74) is 2.08. The first-order chi connectivity index (χ1) is 14.1. The highest BCUT2D eigenvalue weighted by atomic mass is 16.3. The van der Waals surface area contributed by atoms with Gasteiger partial charge in [-0.05, 0) is 49.2 Å². The molecule has 2 amide bonds. The summed E-state index contributed by atoms with van der Waals surface area (Å²) in [6, 6.07) is 19.9. The van der Waals surface area contributed by atoms with Crippen LogP contribution in [0.1, 0.15) is 41.9 Å². The SMILES string of the molecule is CC[C@H](C)NC(=O)c1ccccc1NC(=O)/C(=C/c1ccco1)c1ccccc1. The molecule has 3 rings (SSSR count). The van der Waals surface area contributed by atoms with Crippen LogP contribution in [0.4, 0.5) is 5.69 Å². The molecule has 1 heterocycles. The summed E-state index contributed by atoms with van der Waals surface area (Å²) in [5, 5.41) is 5.82. The monoisotopic (exact) mass is 388 g/mol. The Balaban J connectivity index is 1.90. The summed E-state index contributed by atoms with van der Waals surface area (Å²) in [7, 11) is 0. The van der Waals surface area contributed by atoms with Gasteiger partial charge in [0.1, 0.15) is 5.76 Å². The maximum Gasteiger partial charge on any atom is 0.256 e. The van der Waals surface area contributed by atoms with Crippen LogP contribution in [0.15, 0.2) is 77.4 Å². The highest BCUT2D eigenvalue weighted by Crippen LogP contribution is 2.23. The number of hydrogen-bond acceptors (Lipinski definition) is 3. The Hall–Kier alpha value is -3.60. The van der Waals surface area contributed by atoms with Crippen LogP contribution in [0.2, 0.25) is 0 Å². The fourth-order valence-corrected chi connectivity index (χ4v) is 2.80. The highest BCUT2D eigenvalue weighted by molar-refractivity contribution is 6.29. The standard InChI is InChI=1S/C24H24N2O3/c1-3-17(2)25-23(27)20-13-7-8-14-22(20)26-24(28)21(16-19-12-9-15-29-19)18-10-5-4-6-11-18/h4-17H,3H2,1-2H3,(H,25,27)(H,26,28)/b21-16+/t17-/m0/s1. The zero-order valence-electron chi connectivity index (χ0n) is 16.5. The van der Waals surface area contributed by atoms with Crippen LogP contribution in [-0.4, -0.2) is 17.9 Å². The van der Waals surface area contributed by atoms with E-state index < -0.39 is 0 Å². The summed E-state index contributed by atoms with van der Waals surface area (Å²) in [4.78, 5) is 25.8. The van der Waals surface area contributed by atoms with E-state index in [0.29, 0.717) is 22.6 Å². The molecule has 0 saturated carbocycles. The first kappa shape index (κ1) is 20.1. The molecule has 0 aliphatic heterocycles. The van der Waals surface area contributed by atoms with Gasteiger partial charge in [-0.1, -0.05) is 49.4 Å². The molecule has 0 fully saturated rings. The lowest BCUT2D eigenvalue weighted by molar-refractivity contribution is -0.111. The second kappa shape index (κ2) is 9.55.